The van der Waals surface area contributed by atoms with Gasteiger partial charge in [0.2, 0.25) is 0 Å². The standard InChI is InChI=1S/C18H19N6O7/c1-31-15-3-2-10(4-12(15)8-23-9-19-18(22-23)24(29)30)7-20-21-17(28)11-5-13(25)16(27)14(26)6-11/h2-7,19,22H,8-9H2,1H3,(H4-,21,25,26,27,28,29,30)/q-1/b20-7+. The van der Waals surface area contributed by atoms with Gasteiger partial charge in [-0.2, -0.15) is 10.5 Å². The van der Waals surface area contributed by atoms with Gasteiger partial charge in [-0.1, -0.05) is 0 Å². The quantitative estimate of drug-likeness (QED) is 0.155. The van der Waals surface area contributed by atoms with E-state index in [1.165, 1.54) is 13.3 Å². The Labute approximate surface area is 175 Å². The van der Waals surface area contributed by atoms with Crippen LogP contribution in [0, 0.1) is 10.4 Å². The van der Waals surface area contributed by atoms with Gasteiger partial charge in [0, 0.05) is 11.1 Å². The molecular weight excluding hydrogens is 412 g/mol. The maximum atomic E-state index is 12.1. The molecule has 3 rings (SSSR count). The fraction of sp³-hybridized carbons (Fsp3) is 0.167. The smallest absolute Gasteiger partial charge is 0.365 e. The largest absolute Gasteiger partial charge is 0.744 e. The Morgan fingerprint density at radius 3 is 2.61 bits per heavy atom. The highest BCUT2D eigenvalue weighted by Crippen LogP contribution is 2.35. The molecule has 0 radical (unpaired) electrons. The number of amides is 1. The molecule has 0 spiro atoms. The average molecular weight is 431 g/mol. The minimum atomic E-state index is -0.726. The number of aromatic hydroxyl groups is 3. The van der Waals surface area contributed by atoms with Crippen molar-refractivity contribution in [3.05, 3.63) is 57.4 Å². The summed E-state index contributed by atoms with van der Waals surface area (Å²) in [5, 5.41) is 58.0. The monoisotopic (exact) mass is 431 g/mol. The summed E-state index contributed by atoms with van der Waals surface area (Å²) in [6, 6.07) is 7.09. The topological polar surface area (TPSA) is 188 Å². The van der Waals surface area contributed by atoms with Crippen LogP contribution in [0.25, 0.3) is 0 Å². The maximum Gasteiger partial charge on any atom is 0.365 e. The van der Waals surface area contributed by atoms with Gasteiger partial charge >= 0.3 is 5.96 Å². The van der Waals surface area contributed by atoms with E-state index in [2.05, 4.69) is 21.3 Å². The molecule has 0 aliphatic carbocycles. The van der Waals surface area contributed by atoms with Crippen molar-refractivity contribution in [1.29, 1.82) is 0 Å². The van der Waals surface area contributed by atoms with Crippen LogP contribution >= 0.6 is 0 Å². The highest BCUT2D eigenvalue weighted by atomic mass is 16.8. The molecule has 1 amide bonds. The summed E-state index contributed by atoms with van der Waals surface area (Å²) in [6.07, 6.45) is 1.37. The predicted molar refractivity (Wildman–Crippen MR) is 108 cm³/mol. The van der Waals surface area contributed by atoms with Crippen LogP contribution in [0.1, 0.15) is 21.5 Å². The second-order valence-corrected chi connectivity index (χ2v) is 6.38. The van der Waals surface area contributed by atoms with Crippen molar-refractivity contribution in [2.45, 2.75) is 6.54 Å². The second-order valence-electron chi connectivity index (χ2n) is 6.38. The zero-order valence-electron chi connectivity index (χ0n) is 16.2. The summed E-state index contributed by atoms with van der Waals surface area (Å²) >= 11 is 0. The van der Waals surface area contributed by atoms with E-state index in [1.807, 2.05) is 0 Å². The van der Waals surface area contributed by atoms with Crippen molar-refractivity contribution in [3.63, 3.8) is 0 Å². The summed E-state index contributed by atoms with van der Waals surface area (Å²) in [6.45, 7) is 0.508. The number of phenols is 3. The lowest BCUT2D eigenvalue weighted by atomic mass is 10.1. The molecule has 1 saturated heterocycles. The zero-order chi connectivity index (χ0) is 22.5. The summed E-state index contributed by atoms with van der Waals surface area (Å²) < 4.78 is 5.32. The number of benzene rings is 2. The Bertz CT molecular complexity index is 1030. The molecule has 164 valence electrons. The number of nitrogens with zero attached hydrogens (tertiary/aromatic N) is 3. The molecule has 13 heteroatoms. The molecule has 31 heavy (non-hydrogen) atoms. The van der Waals surface area contributed by atoms with Crippen molar-refractivity contribution in [3.8, 4) is 23.0 Å². The van der Waals surface area contributed by atoms with Crippen LogP contribution in [-0.2, 0) is 6.54 Å². The molecule has 6 N–H and O–H groups in total. The number of carbonyl (C=O) groups is 1. The Morgan fingerprint density at radius 2 is 2.00 bits per heavy atom. The Balaban J connectivity index is 1.69. The number of hydrogen-bond donors (Lipinski definition) is 6. The molecule has 2 aromatic rings. The van der Waals surface area contributed by atoms with Gasteiger partial charge in [0.05, 0.1) is 19.9 Å². The van der Waals surface area contributed by atoms with E-state index in [4.69, 9.17) is 4.74 Å². The van der Waals surface area contributed by atoms with Crippen LogP contribution in [0.4, 0.5) is 0 Å². The van der Waals surface area contributed by atoms with Crippen molar-refractivity contribution < 1.29 is 29.8 Å². The lowest BCUT2D eigenvalue weighted by Crippen LogP contribution is -2.36. The van der Waals surface area contributed by atoms with Crippen molar-refractivity contribution in [2.75, 3.05) is 13.8 Å². The van der Waals surface area contributed by atoms with E-state index in [9.17, 15) is 30.5 Å². The van der Waals surface area contributed by atoms with Gasteiger partial charge in [-0.05, 0) is 35.9 Å². The summed E-state index contributed by atoms with van der Waals surface area (Å²) in [4.78, 5) is 11.5. The molecule has 0 bridgehead atoms. The fourth-order valence-corrected chi connectivity index (χ4v) is 2.77. The van der Waals surface area contributed by atoms with Crippen LogP contribution in [0.15, 0.2) is 35.4 Å². The highest BCUT2D eigenvalue weighted by Gasteiger charge is 2.24. The molecule has 1 fully saturated rings. The van der Waals surface area contributed by atoms with E-state index in [0.717, 1.165) is 12.1 Å². The predicted octanol–water partition coefficient (Wildman–Crippen LogP) is -0.193. The van der Waals surface area contributed by atoms with E-state index in [1.54, 1.807) is 23.2 Å². The zero-order valence-corrected chi connectivity index (χ0v) is 16.2. The summed E-state index contributed by atoms with van der Waals surface area (Å²) in [7, 11) is 1.50. The lowest BCUT2D eigenvalue weighted by Gasteiger charge is -2.16. The number of hydrazine groups is 1. The van der Waals surface area contributed by atoms with Gasteiger partial charge in [0.25, 0.3) is 5.91 Å². The Kier molecular flexibility index (Phi) is 6.16. The van der Waals surface area contributed by atoms with Gasteiger partial charge < -0.3 is 30.5 Å². The number of methoxy groups -OCH3 is 1. The molecular formula is C18H19N6O7-. The minimum absolute atomic E-state index is 0.106. The van der Waals surface area contributed by atoms with E-state index in [-0.39, 0.29) is 24.7 Å². The van der Waals surface area contributed by atoms with Gasteiger partial charge in [0.15, 0.2) is 17.2 Å². The summed E-state index contributed by atoms with van der Waals surface area (Å²) in [5.74, 6) is -2.38. The third-order valence-electron chi connectivity index (χ3n) is 4.26. The van der Waals surface area contributed by atoms with Crippen LogP contribution < -0.4 is 20.9 Å². The van der Waals surface area contributed by atoms with Crippen molar-refractivity contribution in [1.82, 2.24) is 21.2 Å². The Hall–Kier alpha value is -4.39. The normalized spacial score (nSPS) is 13.6. The SMILES string of the molecule is COc1ccc(/C=N/NC(=O)c2cc(O)c(O)c(O)c2)cc1CN1CNC(=[N+]([O-])[O-])N1. The number of hydrogen-bond acceptors (Lipinski definition) is 9. The maximum absolute atomic E-state index is 12.1. The first kappa shape index (κ1) is 21.3. The molecule has 13 nitrogen and oxygen atoms in total. The van der Waals surface area contributed by atoms with Gasteiger partial charge in [0.1, 0.15) is 12.4 Å². The third-order valence-corrected chi connectivity index (χ3v) is 4.26. The number of ether oxygens (including phenoxy) is 1. The van der Waals surface area contributed by atoms with Gasteiger partial charge in [-0.3, -0.25) is 15.0 Å². The summed E-state index contributed by atoms with van der Waals surface area (Å²) in [5.41, 5.74) is 6.10. The first-order valence-electron chi connectivity index (χ1n) is 8.80. The minimum Gasteiger partial charge on any atom is -0.744 e. The first-order valence-corrected chi connectivity index (χ1v) is 8.80. The third kappa shape index (κ3) is 4.97. The number of phenolic OH excluding ortho intramolecular Hbond substituents is 3. The molecule has 0 saturated carbocycles. The number of rotatable bonds is 6. The Morgan fingerprint density at radius 1 is 1.29 bits per heavy atom. The first-order chi connectivity index (χ1) is 14.8. The number of carbonyl (C=O) groups excluding carboxylic acids is 1. The van der Waals surface area contributed by atoms with Crippen LogP contribution in [0.2, 0.25) is 0 Å². The molecule has 1 heterocycles. The molecule has 2 aromatic carbocycles. The van der Waals surface area contributed by atoms with Gasteiger partial charge in [-0.15, -0.1) is 5.01 Å². The molecule has 0 aromatic heterocycles. The lowest BCUT2D eigenvalue weighted by molar-refractivity contribution is -0.384. The van der Waals surface area contributed by atoms with Crippen LogP contribution in [-0.4, -0.2) is 57.1 Å². The van der Waals surface area contributed by atoms with E-state index in [0.29, 0.717) is 16.9 Å². The fourth-order valence-electron chi connectivity index (χ4n) is 2.77. The number of hydrazone groups is 1. The molecule has 1 aliphatic rings. The van der Waals surface area contributed by atoms with Crippen LogP contribution in [0.5, 0.6) is 23.0 Å². The van der Waals surface area contributed by atoms with E-state index < -0.39 is 28.1 Å². The second kappa shape index (κ2) is 8.96. The molecule has 0 unspecified atom stereocenters. The average Bonchev–Trinajstić information content (AvgIpc) is 3.20. The van der Waals surface area contributed by atoms with Crippen molar-refractivity contribution in [2.24, 2.45) is 5.10 Å². The van der Waals surface area contributed by atoms with E-state index >= 15 is 0 Å². The highest BCUT2D eigenvalue weighted by molar-refractivity contribution is 5.96. The molecule has 1 aliphatic heterocycles. The number of nitrogens with one attached hydrogen (secondary N) is 3. The number of guanidine groups is 1. The van der Waals surface area contributed by atoms with Gasteiger partial charge in [-0.25, -0.2) is 5.43 Å². The molecule has 0 atom stereocenters. The van der Waals surface area contributed by atoms with Crippen LogP contribution in [0.3, 0.4) is 0 Å². The van der Waals surface area contributed by atoms with Crippen molar-refractivity contribution >= 4 is 18.1 Å².